The van der Waals surface area contributed by atoms with Crippen LogP contribution in [0.25, 0.3) is 0 Å². The Hall–Kier alpha value is -1.31. The number of carboxylic acid groups (broad SMARTS) is 1. The summed E-state index contributed by atoms with van der Waals surface area (Å²) in [6, 6.07) is 0. The highest BCUT2D eigenvalue weighted by Crippen LogP contribution is 2.09. The minimum Gasteiger partial charge on any atom is -0.478 e. The maximum absolute atomic E-state index is 10.0. The monoisotopic (exact) mass is 136 g/mol. The van der Waals surface area contributed by atoms with E-state index in [9.17, 15) is 4.79 Å². The van der Waals surface area contributed by atoms with E-state index in [0.717, 1.165) is 18.1 Å². The van der Waals surface area contributed by atoms with Gasteiger partial charge in [-0.25, -0.2) is 4.79 Å². The molecule has 1 N–H and O–H groups in total. The van der Waals surface area contributed by atoms with E-state index in [4.69, 9.17) is 5.11 Å². The highest BCUT2D eigenvalue weighted by Gasteiger charge is 1.92. The molecule has 10 heavy (non-hydrogen) atoms. The molecule has 0 amide bonds. The second-order valence-corrected chi connectivity index (χ2v) is 2.01. The SMILES string of the molecule is O=C(O)C=CC1=CCC=C1. The fraction of sp³-hybridized carbons (Fsp3) is 0.125. The zero-order valence-corrected chi connectivity index (χ0v) is 5.45. The van der Waals surface area contributed by atoms with E-state index in [2.05, 4.69) is 0 Å². The Morgan fingerprint density at radius 2 is 2.50 bits per heavy atom. The molecule has 1 rings (SSSR count). The summed E-state index contributed by atoms with van der Waals surface area (Å²) in [5, 5.41) is 8.24. The van der Waals surface area contributed by atoms with Gasteiger partial charge in [0.05, 0.1) is 0 Å². The molecule has 0 saturated carbocycles. The highest BCUT2D eigenvalue weighted by molar-refractivity contribution is 5.80. The average molecular weight is 136 g/mol. The Bertz CT molecular complexity index is 221. The molecule has 0 heterocycles. The van der Waals surface area contributed by atoms with Crippen LogP contribution in [0, 0.1) is 0 Å². The van der Waals surface area contributed by atoms with Crippen LogP contribution in [0.2, 0.25) is 0 Å². The lowest BCUT2D eigenvalue weighted by Crippen LogP contribution is -1.85. The zero-order chi connectivity index (χ0) is 7.40. The molecular formula is C8H8O2. The van der Waals surface area contributed by atoms with Crippen molar-refractivity contribution >= 4 is 5.97 Å². The summed E-state index contributed by atoms with van der Waals surface area (Å²) >= 11 is 0. The molecule has 2 heteroatoms. The minimum absolute atomic E-state index is 0.902. The summed E-state index contributed by atoms with van der Waals surface area (Å²) in [5.74, 6) is -0.902. The summed E-state index contributed by atoms with van der Waals surface area (Å²) < 4.78 is 0. The first kappa shape index (κ1) is 6.81. The first-order chi connectivity index (χ1) is 4.79. The van der Waals surface area contributed by atoms with Gasteiger partial charge in [0, 0.05) is 6.08 Å². The van der Waals surface area contributed by atoms with Crippen molar-refractivity contribution < 1.29 is 9.90 Å². The molecule has 0 bridgehead atoms. The Morgan fingerprint density at radius 1 is 1.70 bits per heavy atom. The molecule has 0 radical (unpaired) electrons. The topological polar surface area (TPSA) is 37.3 Å². The van der Waals surface area contributed by atoms with Crippen LogP contribution < -0.4 is 0 Å². The first-order valence-electron chi connectivity index (χ1n) is 3.07. The van der Waals surface area contributed by atoms with Gasteiger partial charge >= 0.3 is 5.97 Å². The number of rotatable bonds is 2. The average Bonchev–Trinajstić information content (AvgIpc) is 2.34. The van der Waals surface area contributed by atoms with Crippen molar-refractivity contribution in [2.75, 3.05) is 0 Å². The second-order valence-electron chi connectivity index (χ2n) is 2.01. The maximum atomic E-state index is 10.0. The van der Waals surface area contributed by atoms with Gasteiger partial charge in [-0.2, -0.15) is 0 Å². The second kappa shape index (κ2) is 3.01. The maximum Gasteiger partial charge on any atom is 0.328 e. The summed E-state index contributed by atoms with van der Waals surface area (Å²) in [7, 11) is 0. The minimum atomic E-state index is -0.902. The molecule has 0 aliphatic heterocycles. The van der Waals surface area contributed by atoms with Crippen LogP contribution in [0.4, 0.5) is 0 Å². The number of carboxylic acids is 1. The van der Waals surface area contributed by atoms with Crippen LogP contribution in [0.5, 0.6) is 0 Å². The standard InChI is InChI=1S/C8H8O2/c9-8(10)6-5-7-3-1-2-4-7/h1,3-6H,2H2,(H,9,10). The number of carbonyl (C=O) groups is 1. The molecule has 0 spiro atoms. The van der Waals surface area contributed by atoms with E-state index in [1.807, 2.05) is 18.2 Å². The van der Waals surface area contributed by atoms with Crippen molar-refractivity contribution in [1.82, 2.24) is 0 Å². The van der Waals surface area contributed by atoms with Gasteiger partial charge in [0.2, 0.25) is 0 Å². The molecule has 0 aromatic heterocycles. The fourth-order valence-corrected chi connectivity index (χ4v) is 0.767. The van der Waals surface area contributed by atoms with Crippen LogP contribution in [0.15, 0.2) is 36.0 Å². The van der Waals surface area contributed by atoms with Gasteiger partial charge in [0.15, 0.2) is 0 Å². The van der Waals surface area contributed by atoms with Gasteiger partial charge < -0.3 is 5.11 Å². The van der Waals surface area contributed by atoms with E-state index in [1.54, 1.807) is 6.08 Å². The molecule has 0 unspecified atom stereocenters. The summed E-state index contributed by atoms with van der Waals surface area (Å²) in [6.45, 7) is 0. The Labute approximate surface area is 59.2 Å². The Balaban J connectivity index is 2.53. The van der Waals surface area contributed by atoms with Crippen LogP contribution in [-0.2, 0) is 4.79 Å². The fourth-order valence-electron chi connectivity index (χ4n) is 0.767. The van der Waals surface area contributed by atoms with Gasteiger partial charge in [-0.3, -0.25) is 0 Å². The van der Waals surface area contributed by atoms with Crippen molar-refractivity contribution in [3.05, 3.63) is 36.0 Å². The van der Waals surface area contributed by atoms with Gasteiger partial charge in [0.25, 0.3) is 0 Å². The molecule has 0 atom stereocenters. The molecule has 0 aromatic rings. The van der Waals surface area contributed by atoms with Crippen LogP contribution in [0.3, 0.4) is 0 Å². The lowest BCUT2D eigenvalue weighted by Gasteiger charge is -1.82. The van der Waals surface area contributed by atoms with Gasteiger partial charge in [-0.05, 0) is 18.1 Å². The predicted molar refractivity (Wildman–Crippen MR) is 38.6 cm³/mol. The summed E-state index contributed by atoms with van der Waals surface area (Å²) in [6.07, 6.45) is 9.51. The number of hydrogen-bond donors (Lipinski definition) is 1. The third kappa shape index (κ3) is 1.90. The molecule has 52 valence electrons. The van der Waals surface area contributed by atoms with Gasteiger partial charge in [-0.1, -0.05) is 18.2 Å². The molecule has 2 nitrogen and oxygen atoms in total. The van der Waals surface area contributed by atoms with Crippen LogP contribution >= 0.6 is 0 Å². The van der Waals surface area contributed by atoms with E-state index < -0.39 is 5.97 Å². The van der Waals surface area contributed by atoms with Crippen LogP contribution in [-0.4, -0.2) is 11.1 Å². The van der Waals surface area contributed by atoms with Crippen LogP contribution in [0.1, 0.15) is 6.42 Å². The van der Waals surface area contributed by atoms with E-state index >= 15 is 0 Å². The molecule has 0 aromatic carbocycles. The van der Waals surface area contributed by atoms with E-state index in [-0.39, 0.29) is 0 Å². The molecule has 0 saturated heterocycles. The lowest BCUT2D eigenvalue weighted by atomic mass is 10.3. The van der Waals surface area contributed by atoms with Crippen molar-refractivity contribution in [1.29, 1.82) is 0 Å². The normalized spacial score (nSPS) is 16.2. The number of hydrogen-bond acceptors (Lipinski definition) is 1. The Kier molecular flexibility index (Phi) is 2.05. The molecule has 1 aliphatic carbocycles. The first-order valence-corrected chi connectivity index (χ1v) is 3.07. The zero-order valence-electron chi connectivity index (χ0n) is 5.45. The van der Waals surface area contributed by atoms with E-state index in [1.165, 1.54) is 0 Å². The highest BCUT2D eigenvalue weighted by atomic mass is 16.4. The number of aliphatic carboxylic acids is 1. The summed E-state index contributed by atoms with van der Waals surface area (Å²) in [5.41, 5.74) is 0.974. The number of allylic oxidation sites excluding steroid dienone is 5. The van der Waals surface area contributed by atoms with Crippen molar-refractivity contribution in [2.45, 2.75) is 6.42 Å². The van der Waals surface area contributed by atoms with Crippen molar-refractivity contribution in [3.8, 4) is 0 Å². The van der Waals surface area contributed by atoms with Crippen molar-refractivity contribution in [3.63, 3.8) is 0 Å². The van der Waals surface area contributed by atoms with Gasteiger partial charge in [-0.15, -0.1) is 0 Å². The smallest absolute Gasteiger partial charge is 0.328 e. The van der Waals surface area contributed by atoms with Gasteiger partial charge in [0.1, 0.15) is 0 Å². The van der Waals surface area contributed by atoms with E-state index in [0.29, 0.717) is 0 Å². The third-order valence-electron chi connectivity index (χ3n) is 1.22. The molecular weight excluding hydrogens is 128 g/mol. The quantitative estimate of drug-likeness (QED) is 0.584. The lowest BCUT2D eigenvalue weighted by molar-refractivity contribution is -0.131. The largest absolute Gasteiger partial charge is 0.478 e. The Morgan fingerprint density at radius 3 is 3.00 bits per heavy atom. The summed E-state index contributed by atoms with van der Waals surface area (Å²) in [4.78, 5) is 10.0. The predicted octanol–water partition coefficient (Wildman–Crippen LogP) is 1.51. The molecule has 0 fully saturated rings. The van der Waals surface area contributed by atoms with Crippen molar-refractivity contribution in [2.24, 2.45) is 0 Å². The third-order valence-corrected chi connectivity index (χ3v) is 1.22. The molecule has 1 aliphatic rings.